The molecule has 0 aliphatic heterocycles. The zero-order valence-electron chi connectivity index (χ0n) is 15.1. The Morgan fingerprint density at radius 1 is 1.16 bits per heavy atom. The summed E-state index contributed by atoms with van der Waals surface area (Å²) < 4.78 is 24.2. The summed E-state index contributed by atoms with van der Waals surface area (Å²) in [6.07, 6.45) is 5.30. The first-order valence-corrected chi connectivity index (χ1v) is 10.6. The van der Waals surface area contributed by atoms with Crippen LogP contribution in [-0.4, -0.2) is 37.3 Å². The van der Waals surface area contributed by atoms with Crippen molar-refractivity contribution in [1.29, 1.82) is 0 Å². The van der Waals surface area contributed by atoms with E-state index in [0.29, 0.717) is 0 Å². The molecular weight excluding hydrogens is 338 g/mol. The van der Waals surface area contributed by atoms with Gasteiger partial charge in [0.05, 0.1) is 22.7 Å². The Morgan fingerprint density at radius 2 is 1.76 bits per heavy atom. The zero-order chi connectivity index (χ0) is 18.4. The standard InChI is InChI=1S/C19H29NO4S/c1-14(2)25(23,24)17-10-8-15(9-11-17)12-19(22)20-13-18(21)16-6-4-3-5-7-16/h8-11,14,16,18,21H,3-7,12-13H2,1-2H3,(H,20,22). The molecule has 25 heavy (non-hydrogen) atoms. The second-order valence-corrected chi connectivity index (χ2v) is 9.69. The van der Waals surface area contributed by atoms with Gasteiger partial charge < -0.3 is 10.4 Å². The van der Waals surface area contributed by atoms with Crippen molar-refractivity contribution in [2.75, 3.05) is 6.54 Å². The number of aliphatic hydroxyl groups is 1. The summed E-state index contributed by atoms with van der Waals surface area (Å²) in [5.41, 5.74) is 0.757. The molecular formula is C19H29NO4S. The van der Waals surface area contributed by atoms with E-state index >= 15 is 0 Å². The molecule has 0 spiro atoms. The van der Waals surface area contributed by atoms with E-state index in [1.165, 1.54) is 6.42 Å². The van der Waals surface area contributed by atoms with Crippen LogP contribution in [0.2, 0.25) is 0 Å². The molecule has 1 atom stereocenters. The van der Waals surface area contributed by atoms with E-state index < -0.39 is 21.2 Å². The summed E-state index contributed by atoms with van der Waals surface area (Å²) in [5.74, 6) is 0.129. The fourth-order valence-corrected chi connectivity index (χ4v) is 4.28. The van der Waals surface area contributed by atoms with Crippen LogP contribution in [0.4, 0.5) is 0 Å². The quantitative estimate of drug-likeness (QED) is 0.775. The van der Waals surface area contributed by atoms with Gasteiger partial charge in [0.2, 0.25) is 5.91 Å². The number of amides is 1. The number of sulfone groups is 1. The van der Waals surface area contributed by atoms with Gasteiger partial charge in [0.15, 0.2) is 9.84 Å². The van der Waals surface area contributed by atoms with Crippen LogP contribution in [-0.2, 0) is 21.1 Å². The molecule has 140 valence electrons. The number of hydrogen-bond acceptors (Lipinski definition) is 4. The molecule has 0 bridgehead atoms. The monoisotopic (exact) mass is 367 g/mol. The molecule has 1 fully saturated rings. The predicted octanol–water partition coefficient (Wildman–Crippen LogP) is 2.47. The van der Waals surface area contributed by atoms with E-state index in [0.717, 1.165) is 31.2 Å². The molecule has 1 aliphatic rings. The SMILES string of the molecule is CC(C)S(=O)(=O)c1ccc(CC(=O)NCC(O)C2CCCCC2)cc1. The summed E-state index contributed by atoms with van der Waals surface area (Å²) in [6.45, 7) is 3.58. The van der Waals surface area contributed by atoms with Gasteiger partial charge in [0.25, 0.3) is 0 Å². The van der Waals surface area contributed by atoms with Gasteiger partial charge in [-0.1, -0.05) is 31.4 Å². The summed E-state index contributed by atoms with van der Waals surface area (Å²) in [5, 5.41) is 12.5. The highest BCUT2D eigenvalue weighted by Gasteiger charge is 2.22. The van der Waals surface area contributed by atoms with E-state index in [-0.39, 0.29) is 29.7 Å². The van der Waals surface area contributed by atoms with Crippen molar-refractivity contribution in [2.24, 2.45) is 5.92 Å². The lowest BCUT2D eigenvalue weighted by molar-refractivity contribution is -0.121. The van der Waals surface area contributed by atoms with Crippen LogP contribution in [0, 0.1) is 5.92 Å². The Morgan fingerprint density at radius 3 is 2.32 bits per heavy atom. The first kappa shape index (κ1) is 19.9. The Kier molecular flexibility index (Phi) is 7.02. The van der Waals surface area contributed by atoms with E-state index in [9.17, 15) is 18.3 Å². The smallest absolute Gasteiger partial charge is 0.224 e. The summed E-state index contributed by atoms with van der Waals surface area (Å²) in [4.78, 5) is 12.3. The van der Waals surface area contributed by atoms with Crippen LogP contribution < -0.4 is 5.32 Å². The predicted molar refractivity (Wildman–Crippen MR) is 98.1 cm³/mol. The van der Waals surface area contributed by atoms with Crippen molar-refractivity contribution in [3.05, 3.63) is 29.8 Å². The van der Waals surface area contributed by atoms with Crippen molar-refractivity contribution in [2.45, 2.75) is 68.6 Å². The third kappa shape index (κ3) is 5.54. The van der Waals surface area contributed by atoms with Gasteiger partial charge >= 0.3 is 0 Å². The molecule has 2 rings (SSSR count). The fourth-order valence-electron chi connectivity index (χ4n) is 3.22. The molecule has 1 aromatic rings. The van der Waals surface area contributed by atoms with Gasteiger partial charge in [-0.25, -0.2) is 8.42 Å². The molecule has 1 unspecified atom stereocenters. The van der Waals surface area contributed by atoms with E-state index in [1.807, 2.05) is 0 Å². The average Bonchev–Trinajstić information content (AvgIpc) is 2.60. The number of hydrogen-bond donors (Lipinski definition) is 2. The van der Waals surface area contributed by atoms with Crippen LogP contribution in [0.1, 0.15) is 51.5 Å². The molecule has 1 saturated carbocycles. The van der Waals surface area contributed by atoms with Crippen LogP contribution in [0.15, 0.2) is 29.2 Å². The highest BCUT2D eigenvalue weighted by molar-refractivity contribution is 7.92. The van der Waals surface area contributed by atoms with Gasteiger partial charge in [0, 0.05) is 6.54 Å². The van der Waals surface area contributed by atoms with Crippen molar-refractivity contribution in [3.8, 4) is 0 Å². The fraction of sp³-hybridized carbons (Fsp3) is 0.632. The van der Waals surface area contributed by atoms with E-state index in [1.54, 1.807) is 38.1 Å². The Hall–Kier alpha value is -1.40. The van der Waals surface area contributed by atoms with Gasteiger partial charge in [-0.3, -0.25) is 4.79 Å². The largest absolute Gasteiger partial charge is 0.391 e. The van der Waals surface area contributed by atoms with Gasteiger partial charge in [-0.15, -0.1) is 0 Å². The molecule has 6 heteroatoms. The van der Waals surface area contributed by atoms with Crippen molar-refractivity contribution < 1.29 is 18.3 Å². The highest BCUT2D eigenvalue weighted by Crippen LogP contribution is 2.26. The zero-order valence-corrected chi connectivity index (χ0v) is 15.9. The Labute approximate surface area is 150 Å². The second-order valence-electron chi connectivity index (χ2n) is 7.18. The Balaban J connectivity index is 1.84. The lowest BCUT2D eigenvalue weighted by atomic mass is 9.85. The molecule has 1 aromatic carbocycles. The topological polar surface area (TPSA) is 83.5 Å². The second kappa shape index (κ2) is 8.81. The average molecular weight is 368 g/mol. The van der Waals surface area contributed by atoms with Gasteiger partial charge in [-0.2, -0.15) is 0 Å². The number of nitrogens with one attached hydrogen (secondary N) is 1. The maximum absolute atomic E-state index is 12.1. The van der Waals surface area contributed by atoms with E-state index in [2.05, 4.69) is 5.32 Å². The maximum atomic E-state index is 12.1. The number of carbonyl (C=O) groups excluding carboxylic acids is 1. The molecule has 0 radical (unpaired) electrons. The van der Waals surface area contributed by atoms with Gasteiger partial charge in [-0.05, 0) is 50.3 Å². The number of aliphatic hydroxyl groups excluding tert-OH is 1. The van der Waals surface area contributed by atoms with Crippen molar-refractivity contribution in [1.82, 2.24) is 5.32 Å². The normalized spacial score (nSPS) is 17.4. The molecule has 0 saturated heterocycles. The third-order valence-corrected chi connectivity index (χ3v) is 7.11. The maximum Gasteiger partial charge on any atom is 0.224 e. The number of benzene rings is 1. The van der Waals surface area contributed by atoms with Crippen molar-refractivity contribution >= 4 is 15.7 Å². The van der Waals surface area contributed by atoms with E-state index in [4.69, 9.17) is 0 Å². The molecule has 2 N–H and O–H groups in total. The lowest BCUT2D eigenvalue weighted by Gasteiger charge is -2.26. The summed E-state index contributed by atoms with van der Waals surface area (Å²) in [6, 6.07) is 6.45. The molecule has 1 aliphatic carbocycles. The number of carbonyl (C=O) groups is 1. The molecule has 1 amide bonds. The third-order valence-electron chi connectivity index (χ3n) is 4.94. The molecule has 0 aromatic heterocycles. The first-order chi connectivity index (χ1) is 11.8. The summed E-state index contributed by atoms with van der Waals surface area (Å²) in [7, 11) is -3.29. The van der Waals surface area contributed by atoms with Crippen LogP contribution in [0.3, 0.4) is 0 Å². The minimum Gasteiger partial charge on any atom is -0.391 e. The number of rotatable bonds is 7. The Bertz CT molecular complexity index is 661. The van der Waals surface area contributed by atoms with Crippen LogP contribution in [0.5, 0.6) is 0 Å². The van der Waals surface area contributed by atoms with Gasteiger partial charge in [0.1, 0.15) is 0 Å². The minimum absolute atomic E-state index is 0.158. The van der Waals surface area contributed by atoms with Crippen LogP contribution >= 0.6 is 0 Å². The van der Waals surface area contributed by atoms with Crippen LogP contribution in [0.25, 0.3) is 0 Å². The summed E-state index contributed by atoms with van der Waals surface area (Å²) >= 11 is 0. The molecule has 0 heterocycles. The minimum atomic E-state index is -3.29. The first-order valence-electron chi connectivity index (χ1n) is 9.08. The van der Waals surface area contributed by atoms with Crippen molar-refractivity contribution in [3.63, 3.8) is 0 Å². The lowest BCUT2D eigenvalue weighted by Crippen LogP contribution is -2.37. The highest BCUT2D eigenvalue weighted by atomic mass is 32.2. The molecule has 5 nitrogen and oxygen atoms in total.